The molecule has 0 bridgehead atoms. The third-order valence-corrected chi connectivity index (χ3v) is 4.24. The highest BCUT2D eigenvalue weighted by Crippen LogP contribution is 2.37. The van der Waals surface area contributed by atoms with Gasteiger partial charge in [0, 0.05) is 10.0 Å². The molecule has 1 saturated heterocycles. The number of halogens is 1. The molecule has 2 rings (SSSR count). The van der Waals surface area contributed by atoms with E-state index in [-0.39, 0.29) is 23.1 Å². The minimum atomic E-state index is -1.07. The molecule has 22 heavy (non-hydrogen) atoms. The molecular formula is C16H20BrNO4. The summed E-state index contributed by atoms with van der Waals surface area (Å²) in [5.41, 5.74) is -0.389. The van der Waals surface area contributed by atoms with Crippen LogP contribution in [0.3, 0.4) is 0 Å². The van der Waals surface area contributed by atoms with Crippen LogP contribution in [0.1, 0.15) is 54.8 Å². The first kappa shape index (κ1) is 17.0. The smallest absolute Gasteiger partial charge is 0.335 e. The number of nitrogens with one attached hydrogen (secondary N) is 1. The third-order valence-electron chi connectivity index (χ3n) is 3.79. The van der Waals surface area contributed by atoms with Gasteiger partial charge in [0.1, 0.15) is 0 Å². The van der Waals surface area contributed by atoms with Crippen LogP contribution in [0.25, 0.3) is 0 Å². The molecule has 1 aromatic carbocycles. The van der Waals surface area contributed by atoms with E-state index in [4.69, 9.17) is 9.84 Å². The number of amides is 1. The summed E-state index contributed by atoms with van der Waals surface area (Å²) in [6, 6.07) is 4.30. The Kier molecular flexibility index (Phi) is 4.37. The molecule has 0 aromatic heterocycles. The largest absolute Gasteiger partial charge is 0.478 e. The van der Waals surface area contributed by atoms with E-state index >= 15 is 0 Å². The molecule has 1 heterocycles. The van der Waals surface area contributed by atoms with Crippen LogP contribution < -0.4 is 5.32 Å². The lowest BCUT2D eigenvalue weighted by molar-refractivity contribution is -0.0693. The maximum Gasteiger partial charge on any atom is 0.335 e. The Morgan fingerprint density at radius 2 is 1.82 bits per heavy atom. The quantitative estimate of drug-likeness (QED) is 0.857. The van der Waals surface area contributed by atoms with Crippen molar-refractivity contribution in [1.82, 2.24) is 5.32 Å². The number of hydrogen-bond donors (Lipinski definition) is 2. The van der Waals surface area contributed by atoms with Crippen LogP contribution in [0.5, 0.6) is 0 Å². The van der Waals surface area contributed by atoms with Crippen LogP contribution in [0.2, 0.25) is 0 Å². The average Bonchev–Trinajstić information content (AvgIpc) is 2.56. The number of ether oxygens (including phenoxy) is 1. The van der Waals surface area contributed by atoms with E-state index in [1.807, 2.05) is 27.7 Å². The summed E-state index contributed by atoms with van der Waals surface area (Å²) < 4.78 is 6.51. The zero-order valence-electron chi connectivity index (χ0n) is 13.1. The Morgan fingerprint density at radius 3 is 2.32 bits per heavy atom. The number of rotatable bonds is 3. The van der Waals surface area contributed by atoms with Crippen molar-refractivity contribution in [3.63, 3.8) is 0 Å². The van der Waals surface area contributed by atoms with Gasteiger partial charge in [0.2, 0.25) is 0 Å². The molecule has 120 valence electrons. The van der Waals surface area contributed by atoms with Gasteiger partial charge < -0.3 is 15.2 Å². The molecule has 0 saturated carbocycles. The van der Waals surface area contributed by atoms with Crippen molar-refractivity contribution in [2.45, 2.75) is 51.4 Å². The number of aromatic carboxylic acids is 1. The zero-order valence-corrected chi connectivity index (χ0v) is 14.7. The normalized spacial score (nSPS) is 22.3. The molecule has 1 amide bonds. The molecule has 0 spiro atoms. The summed E-state index contributed by atoms with van der Waals surface area (Å²) in [6.45, 7) is 7.86. The number of carboxylic acids is 1. The highest BCUT2D eigenvalue weighted by atomic mass is 79.9. The molecule has 2 N–H and O–H groups in total. The minimum absolute atomic E-state index is 0.0711. The number of hydrogen-bond acceptors (Lipinski definition) is 3. The van der Waals surface area contributed by atoms with Crippen LogP contribution in [0, 0.1) is 0 Å². The van der Waals surface area contributed by atoms with E-state index in [0.717, 1.165) is 0 Å². The van der Waals surface area contributed by atoms with Gasteiger partial charge in [0.25, 0.3) is 5.91 Å². The molecule has 1 aliphatic heterocycles. The fourth-order valence-electron chi connectivity index (χ4n) is 2.87. The Hall–Kier alpha value is -1.40. The summed E-state index contributed by atoms with van der Waals surface area (Å²) in [5, 5.41) is 12.0. The second-order valence-electron chi connectivity index (χ2n) is 6.73. The van der Waals surface area contributed by atoms with Crippen molar-refractivity contribution in [2.24, 2.45) is 0 Å². The monoisotopic (exact) mass is 369 g/mol. The summed E-state index contributed by atoms with van der Waals surface area (Å²) in [5.74, 6) is -1.37. The van der Waals surface area contributed by atoms with Gasteiger partial charge in [-0.15, -0.1) is 0 Å². The van der Waals surface area contributed by atoms with Crippen LogP contribution in [-0.4, -0.2) is 34.2 Å². The molecule has 5 nitrogen and oxygen atoms in total. The number of carbonyl (C=O) groups excluding carboxylic acids is 1. The highest BCUT2D eigenvalue weighted by molar-refractivity contribution is 9.10. The third kappa shape index (κ3) is 3.67. The van der Waals surface area contributed by atoms with E-state index in [2.05, 4.69) is 21.2 Å². The average molecular weight is 370 g/mol. The molecule has 1 fully saturated rings. The van der Waals surface area contributed by atoms with Crippen molar-refractivity contribution in [3.05, 3.63) is 33.8 Å². The maximum absolute atomic E-state index is 12.4. The van der Waals surface area contributed by atoms with Gasteiger partial charge in [-0.3, -0.25) is 4.79 Å². The Balaban J connectivity index is 2.21. The van der Waals surface area contributed by atoms with E-state index < -0.39 is 11.6 Å². The fourth-order valence-corrected chi connectivity index (χ4v) is 3.37. The lowest BCUT2D eigenvalue weighted by Crippen LogP contribution is -2.46. The van der Waals surface area contributed by atoms with Gasteiger partial charge in [-0.1, -0.05) is 15.9 Å². The lowest BCUT2D eigenvalue weighted by Gasteiger charge is -2.27. The van der Waals surface area contributed by atoms with Crippen molar-refractivity contribution in [3.8, 4) is 0 Å². The first-order valence-corrected chi connectivity index (χ1v) is 7.84. The van der Waals surface area contributed by atoms with E-state index in [9.17, 15) is 9.59 Å². The Morgan fingerprint density at radius 1 is 1.23 bits per heavy atom. The second kappa shape index (κ2) is 5.66. The van der Waals surface area contributed by atoms with Gasteiger partial charge in [0.05, 0.1) is 22.8 Å². The Labute approximate surface area is 138 Å². The lowest BCUT2D eigenvalue weighted by atomic mass is 9.94. The summed E-state index contributed by atoms with van der Waals surface area (Å²) in [4.78, 5) is 23.5. The van der Waals surface area contributed by atoms with E-state index in [0.29, 0.717) is 16.5 Å². The molecule has 1 unspecified atom stereocenters. The molecule has 1 atom stereocenters. The predicted molar refractivity (Wildman–Crippen MR) is 86.2 cm³/mol. The van der Waals surface area contributed by atoms with Gasteiger partial charge in [-0.25, -0.2) is 4.79 Å². The summed E-state index contributed by atoms with van der Waals surface area (Å²) >= 11 is 3.23. The minimum Gasteiger partial charge on any atom is -0.478 e. The SMILES string of the molecule is CC1(C)CC(NC(=O)c2cc(Br)cc(C(=O)O)c2)C(C)(C)O1. The maximum atomic E-state index is 12.4. The van der Waals surface area contributed by atoms with Gasteiger partial charge in [-0.05, 0) is 52.3 Å². The van der Waals surface area contributed by atoms with Crippen molar-refractivity contribution in [2.75, 3.05) is 0 Å². The van der Waals surface area contributed by atoms with Crippen molar-refractivity contribution in [1.29, 1.82) is 0 Å². The molecule has 6 heteroatoms. The first-order chi connectivity index (χ1) is 10.00. The fraction of sp³-hybridized carbons (Fsp3) is 0.500. The van der Waals surface area contributed by atoms with Gasteiger partial charge in [-0.2, -0.15) is 0 Å². The topological polar surface area (TPSA) is 75.6 Å². The molecule has 1 aliphatic rings. The van der Waals surface area contributed by atoms with Crippen molar-refractivity contribution < 1.29 is 19.4 Å². The number of benzene rings is 1. The van der Waals surface area contributed by atoms with Crippen LogP contribution in [0.15, 0.2) is 22.7 Å². The highest BCUT2D eigenvalue weighted by Gasteiger charge is 2.46. The standard InChI is InChI=1S/C16H20BrNO4/c1-15(2)8-12(16(3,4)22-15)18-13(19)9-5-10(14(20)21)7-11(17)6-9/h5-7,12H,8H2,1-4H3,(H,18,19)(H,20,21). The summed E-state index contributed by atoms with van der Waals surface area (Å²) in [6.07, 6.45) is 0.700. The van der Waals surface area contributed by atoms with Crippen molar-refractivity contribution >= 4 is 27.8 Å². The summed E-state index contributed by atoms with van der Waals surface area (Å²) in [7, 11) is 0. The molecule has 1 aromatic rings. The predicted octanol–water partition coefficient (Wildman–Crippen LogP) is 3.22. The number of carboxylic acid groups (broad SMARTS) is 1. The van der Waals surface area contributed by atoms with Gasteiger partial charge >= 0.3 is 5.97 Å². The van der Waals surface area contributed by atoms with E-state index in [1.54, 1.807) is 6.07 Å². The zero-order chi connectivity index (χ0) is 16.7. The molecule has 0 aliphatic carbocycles. The Bertz CT molecular complexity index is 625. The van der Waals surface area contributed by atoms with Crippen LogP contribution >= 0.6 is 15.9 Å². The number of carbonyl (C=O) groups is 2. The van der Waals surface area contributed by atoms with Crippen LogP contribution in [0.4, 0.5) is 0 Å². The van der Waals surface area contributed by atoms with Crippen LogP contribution in [-0.2, 0) is 4.74 Å². The molecular weight excluding hydrogens is 350 g/mol. The molecule has 0 radical (unpaired) electrons. The second-order valence-corrected chi connectivity index (χ2v) is 7.64. The first-order valence-electron chi connectivity index (χ1n) is 7.05. The van der Waals surface area contributed by atoms with Gasteiger partial charge in [0.15, 0.2) is 0 Å². The van der Waals surface area contributed by atoms with E-state index in [1.165, 1.54) is 12.1 Å².